The normalized spacial score (nSPS) is 21.6. The summed E-state index contributed by atoms with van der Waals surface area (Å²) in [7, 11) is -3.42. The lowest BCUT2D eigenvalue weighted by Gasteiger charge is -2.15. The highest BCUT2D eigenvalue weighted by Gasteiger charge is 2.33. The average molecular weight is 354 g/mol. The zero-order valence-electron chi connectivity index (χ0n) is 10.1. The van der Waals surface area contributed by atoms with Gasteiger partial charge in [0.1, 0.15) is 4.90 Å². The first kappa shape index (κ1) is 14.5. The molecule has 1 aliphatic rings. The number of hydrogen-bond acceptors (Lipinski definition) is 4. The van der Waals surface area contributed by atoms with Crippen LogP contribution in [0.3, 0.4) is 0 Å². The van der Waals surface area contributed by atoms with Gasteiger partial charge in [-0.25, -0.2) is 8.42 Å². The number of hydrogen-bond donors (Lipinski definition) is 1. The molecule has 1 fully saturated rings. The number of rotatable bonds is 4. The second kappa shape index (κ2) is 5.58. The molecule has 1 atom stereocenters. The highest BCUT2D eigenvalue weighted by atomic mass is 79.9. The van der Waals surface area contributed by atoms with Crippen molar-refractivity contribution in [3.05, 3.63) is 14.7 Å². The topological polar surface area (TPSA) is 57.6 Å². The Morgan fingerprint density at radius 3 is 2.83 bits per heavy atom. The Kier molecular flexibility index (Phi) is 4.48. The molecule has 18 heavy (non-hydrogen) atoms. The Bertz CT molecular complexity index is 526. The van der Waals surface area contributed by atoms with Crippen LogP contribution >= 0.6 is 27.3 Å². The zero-order chi connectivity index (χ0) is 13.3. The third kappa shape index (κ3) is 2.65. The molecule has 2 heterocycles. The van der Waals surface area contributed by atoms with Crippen molar-refractivity contribution in [3.8, 4) is 0 Å². The molecule has 1 N–H and O–H groups in total. The van der Waals surface area contributed by atoms with Crippen molar-refractivity contribution in [1.29, 1.82) is 0 Å². The van der Waals surface area contributed by atoms with Crippen LogP contribution in [0.25, 0.3) is 0 Å². The summed E-state index contributed by atoms with van der Waals surface area (Å²) in [4.78, 5) is 0.944. The van der Waals surface area contributed by atoms with Crippen molar-refractivity contribution < 1.29 is 13.5 Å². The van der Waals surface area contributed by atoms with Gasteiger partial charge in [0.15, 0.2) is 0 Å². The van der Waals surface area contributed by atoms with Crippen LogP contribution in [0.1, 0.15) is 24.6 Å². The molecule has 1 aliphatic heterocycles. The molecule has 102 valence electrons. The Balaban J connectivity index is 2.28. The van der Waals surface area contributed by atoms with Crippen LogP contribution < -0.4 is 0 Å². The van der Waals surface area contributed by atoms with E-state index in [-0.39, 0.29) is 11.5 Å². The minimum Gasteiger partial charge on any atom is -0.391 e. The Morgan fingerprint density at radius 1 is 1.61 bits per heavy atom. The van der Waals surface area contributed by atoms with Crippen LogP contribution in [0.5, 0.6) is 0 Å². The van der Waals surface area contributed by atoms with E-state index in [1.165, 1.54) is 11.3 Å². The van der Waals surface area contributed by atoms with Crippen molar-refractivity contribution >= 4 is 37.3 Å². The van der Waals surface area contributed by atoms with Crippen molar-refractivity contribution in [2.24, 2.45) is 5.92 Å². The van der Waals surface area contributed by atoms with Crippen molar-refractivity contribution in [2.45, 2.75) is 31.3 Å². The number of nitrogens with zero attached hydrogens (tertiary/aromatic N) is 1. The van der Waals surface area contributed by atoms with Crippen LogP contribution in [0, 0.1) is 5.92 Å². The van der Waals surface area contributed by atoms with E-state index in [1.807, 2.05) is 0 Å². The van der Waals surface area contributed by atoms with Gasteiger partial charge in [0.05, 0.1) is 10.4 Å². The molecule has 0 radical (unpaired) electrons. The van der Waals surface area contributed by atoms with E-state index in [0.29, 0.717) is 27.7 Å². The SMILES string of the molecule is CCC1CCN(S(=O)(=O)c2cc(CO)sc2Br)C1. The number of sulfonamides is 1. The molecule has 0 aliphatic carbocycles. The quantitative estimate of drug-likeness (QED) is 0.904. The molecule has 0 aromatic carbocycles. The number of halogens is 1. The fourth-order valence-corrected chi connectivity index (χ4v) is 6.16. The Hall–Kier alpha value is 0.0500. The van der Waals surface area contributed by atoms with E-state index in [0.717, 1.165) is 12.8 Å². The van der Waals surface area contributed by atoms with E-state index >= 15 is 0 Å². The van der Waals surface area contributed by atoms with Crippen LogP contribution in [-0.4, -0.2) is 30.9 Å². The minimum atomic E-state index is -3.42. The molecule has 0 saturated carbocycles. The van der Waals surface area contributed by atoms with Gasteiger partial charge in [0.2, 0.25) is 10.0 Å². The van der Waals surface area contributed by atoms with E-state index in [4.69, 9.17) is 5.11 Å². The predicted octanol–water partition coefficient (Wildman–Crippen LogP) is 2.42. The second-order valence-corrected chi connectivity index (χ2v) is 8.80. The lowest BCUT2D eigenvalue weighted by atomic mass is 10.1. The molecule has 4 nitrogen and oxygen atoms in total. The summed E-state index contributed by atoms with van der Waals surface area (Å²) in [6.45, 7) is 3.16. The van der Waals surface area contributed by atoms with Crippen LogP contribution in [0.4, 0.5) is 0 Å². The summed E-state index contributed by atoms with van der Waals surface area (Å²) in [5.74, 6) is 0.467. The monoisotopic (exact) mass is 353 g/mol. The van der Waals surface area contributed by atoms with Gasteiger partial charge in [-0.2, -0.15) is 4.31 Å². The first-order valence-corrected chi connectivity index (χ1v) is 8.93. The summed E-state index contributed by atoms with van der Waals surface area (Å²) < 4.78 is 27.1. The van der Waals surface area contributed by atoms with Gasteiger partial charge < -0.3 is 5.11 Å². The summed E-state index contributed by atoms with van der Waals surface area (Å²) in [5, 5.41) is 9.07. The molecule has 1 aromatic heterocycles. The maximum atomic E-state index is 12.5. The second-order valence-electron chi connectivity index (χ2n) is 4.43. The molecule has 2 rings (SSSR count). The molecule has 0 bridgehead atoms. The highest BCUT2D eigenvalue weighted by Crippen LogP contribution is 2.35. The van der Waals surface area contributed by atoms with E-state index in [1.54, 1.807) is 10.4 Å². The third-order valence-corrected chi connectivity index (χ3v) is 7.41. The van der Waals surface area contributed by atoms with Crippen molar-refractivity contribution in [1.82, 2.24) is 4.31 Å². The van der Waals surface area contributed by atoms with Gasteiger partial charge in [-0.05, 0) is 34.3 Å². The zero-order valence-corrected chi connectivity index (χ0v) is 13.3. The van der Waals surface area contributed by atoms with Crippen LogP contribution in [0.15, 0.2) is 14.7 Å². The third-order valence-electron chi connectivity index (χ3n) is 3.31. The summed E-state index contributed by atoms with van der Waals surface area (Å²) in [6, 6.07) is 1.56. The van der Waals surface area contributed by atoms with Gasteiger partial charge in [0, 0.05) is 18.0 Å². The van der Waals surface area contributed by atoms with E-state index in [2.05, 4.69) is 22.9 Å². The fraction of sp³-hybridized carbons (Fsp3) is 0.636. The summed E-state index contributed by atoms with van der Waals surface area (Å²) in [5.41, 5.74) is 0. The van der Waals surface area contributed by atoms with Gasteiger partial charge >= 0.3 is 0 Å². The van der Waals surface area contributed by atoms with E-state index in [9.17, 15) is 8.42 Å². The number of aliphatic hydroxyl groups is 1. The first-order chi connectivity index (χ1) is 8.48. The molecule has 0 spiro atoms. The smallest absolute Gasteiger partial charge is 0.245 e. The summed E-state index contributed by atoms with van der Waals surface area (Å²) >= 11 is 4.54. The Morgan fingerprint density at radius 2 is 2.33 bits per heavy atom. The highest BCUT2D eigenvalue weighted by molar-refractivity contribution is 9.11. The maximum absolute atomic E-state index is 12.5. The molecular weight excluding hydrogens is 338 g/mol. The molecule has 1 aromatic rings. The van der Waals surface area contributed by atoms with Gasteiger partial charge in [-0.3, -0.25) is 0 Å². The summed E-state index contributed by atoms with van der Waals surface area (Å²) in [6.07, 6.45) is 1.95. The molecule has 7 heteroatoms. The minimum absolute atomic E-state index is 0.129. The van der Waals surface area contributed by atoms with Gasteiger partial charge in [0.25, 0.3) is 0 Å². The largest absolute Gasteiger partial charge is 0.391 e. The van der Waals surface area contributed by atoms with E-state index < -0.39 is 10.0 Å². The lowest BCUT2D eigenvalue weighted by molar-refractivity contribution is 0.285. The standard InChI is InChI=1S/C11H16BrNO3S2/c1-2-8-3-4-13(6-8)18(15,16)10-5-9(7-14)17-11(10)12/h5,8,14H,2-4,6-7H2,1H3. The van der Waals surface area contributed by atoms with Gasteiger partial charge in [-0.1, -0.05) is 13.3 Å². The number of thiophene rings is 1. The van der Waals surface area contributed by atoms with Gasteiger partial charge in [-0.15, -0.1) is 11.3 Å². The lowest BCUT2D eigenvalue weighted by Crippen LogP contribution is -2.28. The Labute approximate surface area is 120 Å². The average Bonchev–Trinajstić information content (AvgIpc) is 2.95. The molecular formula is C11H16BrNO3S2. The van der Waals surface area contributed by atoms with Crippen molar-refractivity contribution in [3.63, 3.8) is 0 Å². The maximum Gasteiger partial charge on any atom is 0.245 e. The predicted molar refractivity (Wildman–Crippen MR) is 75.1 cm³/mol. The van der Waals surface area contributed by atoms with Crippen molar-refractivity contribution in [2.75, 3.05) is 13.1 Å². The fourth-order valence-electron chi connectivity index (χ4n) is 2.14. The van der Waals surface area contributed by atoms with Crippen LogP contribution in [-0.2, 0) is 16.6 Å². The molecule has 1 saturated heterocycles. The first-order valence-electron chi connectivity index (χ1n) is 5.88. The van der Waals surface area contributed by atoms with Crippen LogP contribution in [0.2, 0.25) is 0 Å². The number of aliphatic hydroxyl groups excluding tert-OH is 1. The molecule has 0 amide bonds. The molecule has 1 unspecified atom stereocenters.